The van der Waals surface area contributed by atoms with Crippen LogP contribution in [0.1, 0.15) is 71.1 Å². The first-order chi connectivity index (χ1) is 28.1. The number of aryl methyl sites for hydroxylation is 1. The van der Waals surface area contributed by atoms with Crippen LogP contribution in [0.25, 0.3) is 32.9 Å². The summed E-state index contributed by atoms with van der Waals surface area (Å²) in [6, 6.07) is 5.25. The smallest absolute Gasteiger partial charge is 0.410 e. The summed E-state index contributed by atoms with van der Waals surface area (Å²) in [6.07, 6.45) is 6.42. The third-order valence-corrected chi connectivity index (χ3v) is 12.4. The van der Waals surface area contributed by atoms with Gasteiger partial charge in [0.15, 0.2) is 12.6 Å². The maximum absolute atomic E-state index is 17.7. The van der Waals surface area contributed by atoms with Gasteiger partial charge in [-0.1, -0.05) is 18.9 Å². The van der Waals surface area contributed by atoms with Crippen LogP contribution in [-0.2, 0) is 15.9 Å². The van der Waals surface area contributed by atoms with Gasteiger partial charge in [-0.25, -0.2) is 27.3 Å². The summed E-state index contributed by atoms with van der Waals surface area (Å²) < 4.78 is 85.1. The van der Waals surface area contributed by atoms with Gasteiger partial charge in [0, 0.05) is 42.5 Å². The Balaban J connectivity index is 1.32. The average Bonchev–Trinajstić information content (AvgIpc) is 3.51. The van der Waals surface area contributed by atoms with Crippen LogP contribution in [-0.4, -0.2) is 108 Å². The second-order valence-electron chi connectivity index (χ2n) is 17.7. The van der Waals surface area contributed by atoms with Crippen molar-refractivity contribution in [1.29, 1.82) is 0 Å². The van der Waals surface area contributed by atoms with Gasteiger partial charge in [0.05, 0.1) is 41.4 Å². The zero-order chi connectivity index (χ0) is 42.0. The van der Waals surface area contributed by atoms with Crippen molar-refractivity contribution in [1.82, 2.24) is 24.8 Å². The van der Waals surface area contributed by atoms with Gasteiger partial charge in [-0.05, 0) is 96.5 Å². The molecule has 0 radical (unpaired) electrons. The summed E-state index contributed by atoms with van der Waals surface area (Å²) in [6.45, 7) is 8.34. The number of hydrogen-bond donors (Lipinski definition) is 0. The van der Waals surface area contributed by atoms with Crippen LogP contribution in [0.15, 0.2) is 24.3 Å². The highest BCUT2D eigenvalue weighted by Crippen LogP contribution is 2.46. The number of anilines is 1. The van der Waals surface area contributed by atoms with E-state index in [4.69, 9.17) is 40.3 Å². The van der Waals surface area contributed by atoms with E-state index >= 15 is 8.78 Å². The molecule has 0 spiro atoms. The molecule has 3 saturated heterocycles. The second kappa shape index (κ2) is 15.6. The first kappa shape index (κ1) is 40.8. The Morgan fingerprint density at radius 3 is 2.58 bits per heavy atom. The van der Waals surface area contributed by atoms with E-state index in [9.17, 15) is 13.6 Å². The number of rotatable bonds is 8. The van der Waals surface area contributed by atoms with Crippen molar-refractivity contribution in [3.8, 4) is 35.4 Å². The Morgan fingerprint density at radius 2 is 1.85 bits per heavy atom. The first-order valence-corrected chi connectivity index (χ1v) is 20.2. The van der Waals surface area contributed by atoms with Gasteiger partial charge in [0.2, 0.25) is 6.43 Å². The zero-order valence-electron chi connectivity index (χ0n) is 34.3. The topological polar surface area (TPSA) is 102 Å². The minimum Gasteiger partial charge on any atom is -0.468 e. The fraction of sp³-hybridized carbons (Fsp3) is 0.545. The van der Waals surface area contributed by atoms with Crippen LogP contribution >= 0.6 is 0 Å². The van der Waals surface area contributed by atoms with Crippen LogP contribution < -0.4 is 14.4 Å². The molecule has 59 heavy (non-hydrogen) atoms. The number of fused-ring (bicyclic) bond motifs is 6. The first-order valence-electron chi connectivity index (χ1n) is 20.2. The van der Waals surface area contributed by atoms with Crippen molar-refractivity contribution in [2.24, 2.45) is 11.3 Å². The molecular formula is C44H50F4N6O5. The largest absolute Gasteiger partial charge is 0.468 e. The molecule has 0 unspecified atom stereocenters. The van der Waals surface area contributed by atoms with Crippen LogP contribution in [0.2, 0.25) is 0 Å². The Kier molecular flexibility index (Phi) is 10.8. The van der Waals surface area contributed by atoms with E-state index in [2.05, 4.69) is 10.8 Å². The van der Waals surface area contributed by atoms with Crippen LogP contribution in [0.4, 0.5) is 28.2 Å². The molecule has 5 atom stereocenters. The molecule has 314 valence electrons. The van der Waals surface area contributed by atoms with Crippen molar-refractivity contribution >= 4 is 33.6 Å². The summed E-state index contributed by atoms with van der Waals surface area (Å²) in [5.74, 6) is 0.751. The molecule has 15 heteroatoms. The summed E-state index contributed by atoms with van der Waals surface area (Å²) in [5, 5.41) is 1.16. The highest BCUT2D eigenvalue weighted by Gasteiger charge is 2.51. The normalized spacial score (nSPS) is 24.5. The molecule has 0 saturated carbocycles. The predicted octanol–water partition coefficient (Wildman–Crippen LogP) is 7.98. The van der Waals surface area contributed by atoms with Gasteiger partial charge in [-0.15, -0.1) is 6.42 Å². The minimum atomic E-state index is -2.56. The second-order valence-corrected chi connectivity index (χ2v) is 17.7. The fourth-order valence-corrected chi connectivity index (χ4v) is 9.83. The minimum absolute atomic E-state index is 0.0624. The number of pyridine rings is 1. The number of aromatic nitrogens is 3. The van der Waals surface area contributed by atoms with Gasteiger partial charge >= 0.3 is 12.1 Å². The van der Waals surface area contributed by atoms with Crippen molar-refractivity contribution in [3.05, 3.63) is 47.2 Å². The number of methoxy groups -OCH3 is 1. The number of carbonyl (C=O) groups excluding carboxylic acids is 1. The fourth-order valence-electron chi connectivity index (χ4n) is 9.83. The standard InChI is InChI=1S/C44H50F4N6O5/c1-8-27-30(45)14-12-24-18-26(58-23-56-7)19-28(34(24)27)37-36(46)38-35-31(49-37)10-9-11-32-33-15-13-25(54(33)42(55)59-43(2,3)4)20-53(32)40(35)51-41(50-38)57-22-44(5)21-52(6)17-16-29(44)39(47)48/h1,12,14,18-19,25,29,32-33,39H,9-11,13,15-17,20-23H2,2-7H3/t25-,29-,32-,33+,44+/m1/s1. The van der Waals surface area contributed by atoms with Crippen molar-refractivity contribution in [3.63, 3.8) is 0 Å². The third-order valence-electron chi connectivity index (χ3n) is 12.4. The van der Waals surface area contributed by atoms with Gasteiger partial charge < -0.3 is 28.7 Å². The zero-order valence-corrected chi connectivity index (χ0v) is 34.3. The van der Waals surface area contributed by atoms with E-state index < -0.39 is 35.0 Å². The van der Waals surface area contributed by atoms with Gasteiger partial charge in [0.25, 0.3) is 0 Å². The molecule has 3 fully saturated rings. The lowest BCUT2D eigenvalue weighted by Gasteiger charge is -2.48. The molecule has 0 N–H and O–H groups in total. The van der Waals surface area contributed by atoms with Crippen LogP contribution in [0, 0.1) is 35.3 Å². The monoisotopic (exact) mass is 818 g/mol. The molecule has 2 aromatic carbocycles. The Labute approximate surface area is 341 Å². The number of amides is 1. The number of carbonyl (C=O) groups is 1. The summed E-state index contributed by atoms with van der Waals surface area (Å²) in [5.41, 5.74) is -1.20. The van der Waals surface area contributed by atoms with Crippen molar-refractivity contribution in [2.75, 3.05) is 52.1 Å². The molecule has 8 rings (SSSR count). The van der Waals surface area contributed by atoms with E-state index in [1.807, 2.05) is 37.6 Å². The highest BCUT2D eigenvalue weighted by atomic mass is 19.3. The molecule has 1 amide bonds. The van der Waals surface area contributed by atoms with E-state index in [0.717, 1.165) is 12.8 Å². The van der Waals surface area contributed by atoms with Gasteiger partial charge in [0.1, 0.15) is 34.2 Å². The molecule has 4 aliphatic rings. The van der Waals surface area contributed by atoms with E-state index in [1.165, 1.54) is 13.2 Å². The van der Waals surface area contributed by atoms with Gasteiger partial charge in [-0.3, -0.25) is 4.90 Å². The van der Waals surface area contributed by atoms with E-state index in [1.54, 1.807) is 25.1 Å². The van der Waals surface area contributed by atoms with Crippen LogP contribution in [0.3, 0.4) is 0 Å². The maximum atomic E-state index is 17.7. The number of likely N-dealkylation sites (tertiary alicyclic amines) is 1. The van der Waals surface area contributed by atoms with Crippen molar-refractivity contribution < 1.29 is 41.3 Å². The number of halogens is 4. The van der Waals surface area contributed by atoms with Crippen molar-refractivity contribution in [2.45, 2.75) is 96.4 Å². The van der Waals surface area contributed by atoms with E-state index in [0.29, 0.717) is 73.4 Å². The third kappa shape index (κ3) is 7.47. The molecule has 2 aromatic heterocycles. The number of piperazine rings is 1. The Bertz CT molecular complexity index is 2330. The number of nitrogens with zero attached hydrogens (tertiary/aromatic N) is 6. The molecular weight excluding hydrogens is 769 g/mol. The molecule has 0 aliphatic carbocycles. The summed E-state index contributed by atoms with van der Waals surface area (Å²) in [4.78, 5) is 34.3. The van der Waals surface area contributed by atoms with E-state index in [-0.39, 0.29) is 71.4 Å². The summed E-state index contributed by atoms with van der Waals surface area (Å²) in [7, 11) is 3.36. The molecule has 4 aliphatic heterocycles. The maximum Gasteiger partial charge on any atom is 0.410 e. The highest BCUT2D eigenvalue weighted by molar-refractivity contribution is 6.03. The van der Waals surface area contributed by atoms with Gasteiger partial charge in [-0.2, -0.15) is 9.97 Å². The number of terminal acetylenes is 1. The number of ether oxygens (including phenoxy) is 4. The lowest BCUT2D eigenvalue weighted by Crippen LogP contribution is -2.62. The lowest BCUT2D eigenvalue weighted by molar-refractivity contribution is -0.0679. The number of alkyl halides is 2. The molecule has 11 nitrogen and oxygen atoms in total. The number of piperidine rings is 1. The predicted molar refractivity (Wildman–Crippen MR) is 215 cm³/mol. The number of benzene rings is 2. The quantitative estimate of drug-likeness (QED) is 0.0989. The SMILES string of the molecule is C#Cc1c(F)ccc2cc(OCOC)cc(-c3nc4c5c(nc(OC[C@]6(C)CN(C)CC[C@@H]6C(F)F)nc5c3F)N3C[C@H]5CC[C@@H]([C@H]3CCC4)N5C(=O)OC(C)(C)C)c12. The number of hydrogen-bond acceptors (Lipinski definition) is 10. The summed E-state index contributed by atoms with van der Waals surface area (Å²) >= 11 is 0. The van der Waals surface area contributed by atoms with Crippen LogP contribution in [0.5, 0.6) is 11.8 Å². The molecule has 2 bridgehead atoms. The molecule has 6 heterocycles. The Morgan fingerprint density at radius 1 is 1.05 bits per heavy atom. The Hall–Kier alpha value is -4.94. The molecule has 4 aromatic rings. The average molecular weight is 819 g/mol. The lowest BCUT2D eigenvalue weighted by atomic mass is 9.73.